The summed E-state index contributed by atoms with van der Waals surface area (Å²) in [5.74, 6) is 0. The van der Waals surface area contributed by atoms with Gasteiger partial charge in [-0.2, -0.15) is 0 Å². The van der Waals surface area contributed by atoms with Crippen molar-refractivity contribution in [3.63, 3.8) is 0 Å². The number of nitrogens with zero attached hydrogens (tertiary/aromatic N) is 1. The summed E-state index contributed by atoms with van der Waals surface area (Å²) in [5, 5.41) is 11.7. The van der Waals surface area contributed by atoms with Crippen LogP contribution in [0.15, 0.2) is 34.1 Å². The summed E-state index contributed by atoms with van der Waals surface area (Å²) in [6.45, 7) is -0.0799. The van der Waals surface area contributed by atoms with Crippen molar-refractivity contribution in [2.75, 3.05) is 6.61 Å². The first-order chi connectivity index (χ1) is 7.70. The summed E-state index contributed by atoms with van der Waals surface area (Å²) in [4.78, 5) is 4.40. The van der Waals surface area contributed by atoms with Crippen LogP contribution in [0.5, 0.6) is 0 Å². The number of aliphatic hydroxyl groups is 1. The summed E-state index contributed by atoms with van der Waals surface area (Å²) < 4.78 is 1.04. The minimum Gasteiger partial charge on any atom is -0.394 e. The number of nitrogens with two attached hydrogens (primary N) is 1. The largest absolute Gasteiger partial charge is 0.394 e. The first kappa shape index (κ1) is 11.7. The zero-order valence-electron chi connectivity index (χ0n) is 8.43. The van der Waals surface area contributed by atoms with Gasteiger partial charge in [0.1, 0.15) is 5.01 Å². The van der Waals surface area contributed by atoms with Crippen molar-refractivity contribution in [2.24, 2.45) is 5.73 Å². The van der Waals surface area contributed by atoms with E-state index in [9.17, 15) is 0 Å². The van der Waals surface area contributed by atoms with Crippen LogP contribution >= 0.6 is 27.3 Å². The van der Waals surface area contributed by atoms with Gasteiger partial charge < -0.3 is 10.8 Å². The van der Waals surface area contributed by atoms with Crippen LogP contribution in [0.4, 0.5) is 0 Å². The van der Waals surface area contributed by atoms with Gasteiger partial charge in [0.15, 0.2) is 0 Å². The molecule has 3 N–H and O–H groups in total. The van der Waals surface area contributed by atoms with E-state index in [1.165, 1.54) is 11.3 Å². The molecule has 1 unspecified atom stereocenters. The molecule has 0 saturated heterocycles. The predicted octanol–water partition coefficient (Wildman–Crippen LogP) is 2.56. The molecule has 5 heteroatoms. The molecule has 1 atom stereocenters. The number of thiazole rings is 1. The monoisotopic (exact) mass is 298 g/mol. The quantitative estimate of drug-likeness (QED) is 0.915. The van der Waals surface area contributed by atoms with Gasteiger partial charge in [-0.15, -0.1) is 11.3 Å². The van der Waals surface area contributed by atoms with E-state index in [1.807, 2.05) is 29.6 Å². The lowest BCUT2D eigenvalue weighted by Gasteiger charge is -2.02. The molecular formula is C11H11BrN2OS. The number of hydrogen-bond acceptors (Lipinski definition) is 4. The third-order valence-corrected chi connectivity index (χ3v) is 3.63. The van der Waals surface area contributed by atoms with Crippen molar-refractivity contribution < 1.29 is 5.11 Å². The number of benzene rings is 1. The molecule has 1 aromatic heterocycles. The zero-order chi connectivity index (χ0) is 11.5. The van der Waals surface area contributed by atoms with Gasteiger partial charge in [0.25, 0.3) is 0 Å². The SMILES string of the molecule is NC(CO)c1csc(-c2ccc(Br)cc2)n1. The maximum Gasteiger partial charge on any atom is 0.123 e. The molecule has 1 heterocycles. The molecule has 0 aliphatic carbocycles. The molecule has 0 amide bonds. The van der Waals surface area contributed by atoms with E-state index >= 15 is 0 Å². The van der Waals surface area contributed by atoms with Crippen LogP contribution in [0.1, 0.15) is 11.7 Å². The topological polar surface area (TPSA) is 59.1 Å². The van der Waals surface area contributed by atoms with Gasteiger partial charge in [0.05, 0.1) is 18.3 Å². The number of aliphatic hydroxyl groups excluding tert-OH is 1. The lowest BCUT2D eigenvalue weighted by molar-refractivity contribution is 0.266. The second-order valence-corrected chi connectivity index (χ2v) is 5.15. The van der Waals surface area contributed by atoms with E-state index < -0.39 is 0 Å². The fourth-order valence-corrected chi connectivity index (χ4v) is 2.43. The Bertz CT molecular complexity index is 469. The summed E-state index contributed by atoms with van der Waals surface area (Å²) in [5.41, 5.74) is 7.50. The molecule has 3 nitrogen and oxygen atoms in total. The second-order valence-electron chi connectivity index (χ2n) is 3.37. The molecule has 0 aliphatic rings. The minimum atomic E-state index is -0.388. The first-order valence-electron chi connectivity index (χ1n) is 4.78. The van der Waals surface area contributed by atoms with Gasteiger partial charge in [-0.05, 0) is 12.1 Å². The van der Waals surface area contributed by atoms with E-state index in [0.717, 1.165) is 20.7 Å². The number of aromatic nitrogens is 1. The molecule has 2 aromatic rings. The smallest absolute Gasteiger partial charge is 0.123 e. The molecule has 0 fully saturated rings. The molecular weight excluding hydrogens is 288 g/mol. The average Bonchev–Trinajstić information content (AvgIpc) is 2.78. The van der Waals surface area contributed by atoms with Crippen LogP contribution in [0.25, 0.3) is 10.6 Å². The number of rotatable bonds is 3. The van der Waals surface area contributed by atoms with Crippen molar-refractivity contribution in [1.29, 1.82) is 0 Å². The Morgan fingerprint density at radius 3 is 2.69 bits per heavy atom. The molecule has 0 radical (unpaired) electrons. The van der Waals surface area contributed by atoms with Gasteiger partial charge in [-0.1, -0.05) is 28.1 Å². The molecule has 0 aliphatic heterocycles. The van der Waals surface area contributed by atoms with Gasteiger partial charge >= 0.3 is 0 Å². The van der Waals surface area contributed by atoms with E-state index in [1.54, 1.807) is 0 Å². The van der Waals surface area contributed by atoms with Crippen LogP contribution in [0.2, 0.25) is 0 Å². The molecule has 1 aromatic carbocycles. The van der Waals surface area contributed by atoms with Gasteiger partial charge in [0, 0.05) is 15.4 Å². The van der Waals surface area contributed by atoms with Gasteiger partial charge in [-0.3, -0.25) is 0 Å². The van der Waals surface area contributed by atoms with Crippen molar-refractivity contribution >= 4 is 27.3 Å². The van der Waals surface area contributed by atoms with Crippen LogP contribution in [0.3, 0.4) is 0 Å². The second kappa shape index (κ2) is 5.05. The third-order valence-electron chi connectivity index (χ3n) is 2.19. The number of halogens is 1. The predicted molar refractivity (Wildman–Crippen MR) is 69.3 cm³/mol. The van der Waals surface area contributed by atoms with E-state index in [0.29, 0.717) is 0 Å². The van der Waals surface area contributed by atoms with Crippen LogP contribution in [0, 0.1) is 0 Å². The fourth-order valence-electron chi connectivity index (χ4n) is 1.28. The normalized spacial score (nSPS) is 12.7. The minimum absolute atomic E-state index is 0.0799. The van der Waals surface area contributed by atoms with Crippen LogP contribution < -0.4 is 5.73 Å². The molecule has 0 bridgehead atoms. The standard InChI is InChI=1S/C11H11BrN2OS/c12-8-3-1-7(2-4-8)11-14-10(6-16-11)9(13)5-15/h1-4,6,9,15H,5,13H2. The Kier molecular flexibility index (Phi) is 3.70. The van der Waals surface area contributed by atoms with Crippen molar-refractivity contribution in [2.45, 2.75) is 6.04 Å². The summed E-state index contributed by atoms with van der Waals surface area (Å²) in [7, 11) is 0. The molecule has 0 saturated carbocycles. The third kappa shape index (κ3) is 2.49. The Morgan fingerprint density at radius 2 is 2.06 bits per heavy atom. The van der Waals surface area contributed by atoms with E-state index in [-0.39, 0.29) is 12.6 Å². The van der Waals surface area contributed by atoms with Crippen LogP contribution in [-0.2, 0) is 0 Å². The zero-order valence-corrected chi connectivity index (χ0v) is 10.8. The lowest BCUT2D eigenvalue weighted by atomic mass is 10.2. The summed E-state index contributed by atoms with van der Waals surface area (Å²) in [6, 6.07) is 7.56. The average molecular weight is 299 g/mol. The highest BCUT2D eigenvalue weighted by Crippen LogP contribution is 2.26. The highest BCUT2D eigenvalue weighted by molar-refractivity contribution is 9.10. The fraction of sp³-hybridized carbons (Fsp3) is 0.182. The van der Waals surface area contributed by atoms with E-state index in [2.05, 4.69) is 20.9 Å². The Balaban J connectivity index is 2.28. The Labute approximate surface area is 106 Å². The van der Waals surface area contributed by atoms with Gasteiger partial charge in [-0.25, -0.2) is 4.98 Å². The molecule has 2 rings (SSSR count). The Morgan fingerprint density at radius 1 is 1.38 bits per heavy atom. The Hall–Kier alpha value is -0.750. The maximum atomic E-state index is 8.94. The van der Waals surface area contributed by atoms with Crippen molar-refractivity contribution in [3.05, 3.63) is 39.8 Å². The summed E-state index contributed by atoms with van der Waals surface area (Å²) in [6.07, 6.45) is 0. The molecule has 84 valence electrons. The summed E-state index contributed by atoms with van der Waals surface area (Å²) >= 11 is 4.92. The van der Waals surface area contributed by atoms with Gasteiger partial charge in [0.2, 0.25) is 0 Å². The van der Waals surface area contributed by atoms with Crippen molar-refractivity contribution in [3.8, 4) is 10.6 Å². The van der Waals surface area contributed by atoms with Crippen LogP contribution in [-0.4, -0.2) is 16.7 Å². The highest BCUT2D eigenvalue weighted by atomic mass is 79.9. The maximum absolute atomic E-state index is 8.94. The number of hydrogen-bond donors (Lipinski definition) is 2. The first-order valence-corrected chi connectivity index (χ1v) is 6.46. The molecule has 16 heavy (non-hydrogen) atoms. The molecule has 0 spiro atoms. The lowest BCUT2D eigenvalue weighted by Crippen LogP contribution is -2.14. The van der Waals surface area contributed by atoms with E-state index in [4.69, 9.17) is 10.8 Å². The van der Waals surface area contributed by atoms with Crippen molar-refractivity contribution in [1.82, 2.24) is 4.98 Å². The highest BCUT2D eigenvalue weighted by Gasteiger charge is 2.10.